The lowest BCUT2D eigenvalue weighted by Crippen LogP contribution is -2.47. The summed E-state index contributed by atoms with van der Waals surface area (Å²) < 4.78 is 0. The molecule has 1 saturated heterocycles. The molecular weight excluding hydrogens is 349 g/mol. The number of nitrogens with one attached hydrogen (secondary N) is 1. The van der Waals surface area contributed by atoms with E-state index in [4.69, 9.17) is 23.2 Å². The topological polar surface area (TPSA) is 52.7 Å². The van der Waals surface area contributed by atoms with Gasteiger partial charge in [-0.15, -0.1) is 0 Å². The summed E-state index contributed by atoms with van der Waals surface area (Å²) in [7, 11) is 1.87. The van der Waals surface area contributed by atoms with E-state index in [2.05, 4.69) is 5.32 Å². The van der Waals surface area contributed by atoms with Crippen LogP contribution in [0.4, 0.5) is 0 Å². The van der Waals surface area contributed by atoms with Crippen LogP contribution in [-0.4, -0.2) is 54.3 Å². The number of amides is 2. The molecule has 0 saturated carbocycles. The molecule has 132 valence electrons. The zero-order chi connectivity index (χ0) is 17.7. The van der Waals surface area contributed by atoms with Crippen LogP contribution < -0.4 is 5.32 Å². The van der Waals surface area contributed by atoms with Crippen molar-refractivity contribution in [3.05, 3.63) is 33.8 Å². The average molecular weight is 372 g/mol. The van der Waals surface area contributed by atoms with Gasteiger partial charge in [-0.2, -0.15) is 0 Å². The molecule has 1 N–H and O–H groups in total. The van der Waals surface area contributed by atoms with Gasteiger partial charge in [0.1, 0.15) is 0 Å². The standard InChI is InChI=1S/C17H23Cl2N3O2/c1-12(23)22-8-6-14(7-9-22)20-16(24)11-21(2)10-13-4-3-5-15(18)17(13)19/h3-5,14H,6-11H2,1-2H3,(H,20,24). The molecule has 7 heteroatoms. The van der Waals surface area contributed by atoms with Crippen LogP contribution in [-0.2, 0) is 16.1 Å². The Kier molecular flexibility index (Phi) is 6.90. The molecular formula is C17H23Cl2N3O2. The van der Waals surface area contributed by atoms with Crippen molar-refractivity contribution >= 4 is 35.0 Å². The van der Waals surface area contributed by atoms with Crippen LogP contribution in [0.1, 0.15) is 25.3 Å². The van der Waals surface area contributed by atoms with Gasteiger partial charge in [0.2, 0.25) is 11.8 Å². The number of hydrogen-bond acceptors (Lipinski definition) is 3. The Hall–Kier alpha value is -1.30. The van der Waals surface area contributed by atoms with E-state index in [9.17, 15) is 9.59 Å². The third kappa shape index (κ3) is 5.36. The first kappa shape index (κ1) is 19.0. The molecule has 2 rings (SSSR count). The van der Waals surface area contributed by atoms with Gasteiger partial charge in [0, 0.05) is 32.6 Å². The summed E-state index contributed by atoms with van der Waals surface area (Å²) in [5.41, 5.74) is 0.897. The molecule has 5 nitrogen and oxygen atoms in total. The number of nitrogens with zero attached hydrogens (tertiary/aromatic N) is 2. The Morgan fingerprint density at radius 3 is 2.58 bits per heavy atom. The van der Waals surface area contributed by atoms with Crippen LogP contribution in [0.3, 0.4) is 0 Å². The number of benzene rings is 1. The molecule has 0 radical (unpaired) electrons. The summed E-state index contributed by atoms with van der Waals surface area (Å²) in [6, 6.07) is 5.63. The highest BCUT2D eigenvalue weighted by Gasteiger charge is 2.22. The van der Waals surface area contributed by atoms with Crippen LogP contribution in [0.25, 0.3) is 0 Å². The number of likely N-dealkylation sites (tertiary alicyclic amines) is 1. The number of halogens is 2. The molecule has 0 spiro atoms. The van der Waals surface area contributed by atoms with Gasteiger partial charge in [0.25, 0.3) is 0 Å². The van der Waals surface area contributed by atoms with Crippen molar-refractivity contribution in [2.45, 2.75) is 32.4 Å². The molecule has 1 aliphatic heterocycles. The maximum absolute atomic E-state index is 12.2. The van der Waals surface area contributed by atoms with Crippen molar-refractivity contribution in [3.8, 4) is 0 Å². The summed E-state index contributed by atoms with van der Waals surface area (Å²) in [5.74, 6) is 0.0786. The van der Waals surface area contributed by atoms with Gasteiger partial charge in [0.05, 0.1) is 16.6 Å². The summed E-state index contributed by atoms with van der Waals surface area (Å²) in [4.78, 5) is 27.2. The van der Waals surface area contributed by atoms with Crippen molar-refractivity contribution in [2.24, 2.45) is 0 Å². The van der Waals surface area contributed by atoms with Crippen molar-refractivity contribution in [2.75, 3.05) is 26.7 Å². The Balaban J connectivity index is 1.78. The molecule has 24 heavy (non-hydrogen) atoms. The normalized spacial score (nSPS) is 15.6. The Morgan fingerprint density at radius 1 is 1.29 bits per heavy atom. The minimum atomic E-state index is -0.0167. The third-order valence-corrected chi connectivity index (χ3v) is 5.05. The first-order valence-corrected chi connectivity index (χ1v) is 8.78. The highest BCUT2D eigenvalue weighted by atomic mass is 35.5. The molecule has 1 fully saturated rings. The predicted octanol–water partition coefficient (Wildman–Crippen LogP) is 2.55. The molecule has 0 aliphatic carbocycles. The second-order valence-corrected chi connectivity index (χ2v) is 7.02. The summed E-state index contributed by atoms with van der Waals surface area (Å²) in [5, 5.41) is 4.09. The van der Waals surface area contributed by atoms with Crippen LogP contribution in [0.5, 0.6) is 0 Å². The van der Waals surface area contributed by atoms with E-state index in [0.29, 0.717) is 29.7 Å². The molecule has 0 aromatic heterocycles. The lowest BCUT2D eigenvalue weighted by atomic mass is 10.1. The van der Waals surface area contributed by atoms with Crippen molar-refractivity contribution in [3.63, 3.8) is 0 Å². The maximum atomic E-state index is 12.2. The van der Waals surface area contributed by atoms with Crippen LogP contribution >= 0.6 is 23.2 Å². The minimum Gasteiger partial charge on any atom is -0.352 e. The van der Waals surface area contributed by atoms with Gasteiger partial charge in [-0.1, -0.05) is 35.3 Å². The molecule has 1 aromatic carbocycles. The Morgan fingerprint density at radius 2 is 1.96 bits per heavy atom. The van der Waals surface area contributed by atoms with E-state index in [0.717, 1.165) is 18.4 Å². The molecule has 1 aliphatic rings. The molecule has 0 bridgehead atoms. The van der Waals surface area contributed by atoms with E-state index in [1.54, 1.807) is 13.0 Å². The fourth-order valence-corrected chi connectivity index (χ4v) is 3.25. The van der Waals surface area contributed by atoms with E-state index in [1.807, 2.05) is 29.0 Å². The number of carbonyl (C=O) groups is 2. The Bertz CT molecular complexity index is 601. The lowest BCUT2D eigenvalue weighted by molar-refractivity contribution is -0.130. The van der Waals surface area contributed by atoms with Gasteiger partial charge < -0.3 is 10.2 Å². The zero-order valence-electron chi connectivity index (χ0n) is 14.0. The number of hydrogen-bond donors (Lipinski definition) is 1. The molecule has 2 amide bonds. The largest absolute Gasteiger partial charge is 0.352 e. The SMILES string of the molecule is CC(=O)N1CCC(NC(=O)CN(C)Cc2cccc(Cl)c2Cl)CC1. The maximum Gasteiger partial charge on any atom is 0.234 e. The summed E-state index contributed by atoms with van der Waals surface area (Å²) >= 11 is 12.2. The summed E-state index contributed by atoms with van der Waals surface area (Å²) in [6.07, 6.45) is 1.60. The number of rotatable bonds is 5. The van der Waals surface area contributed by atoms with Gasteiger partial charge in [-0.05, 0) is 31.5 Å². The molecule has 1 heterocycles. The summed E-state index contributed by atoms with van der Waals surface area (Å²) in [6.45, 7) is 3.82. The van der Waals surface area contributed by atoms with Gasteiger partial charge in [-0.25, -0.2) is 0 Å². The number of carbonyl (C=O) groups excluding carboxylic acids is 2. The van der Waals surface area contributed by atoms with Crippen molar-refractivity contribution in [1.29, 1.82) is 0 Å². The van der Waals surface area contributed by atoms with Crippen LogP contribution in [0.15, 0.2) is 18.2 Å². The van der Waals surface area contributed by atoms with Gasteiger partial charge >= 0.3 is 0 Å². The second-order valence-electron chi connectivity index (χ2n) is 6.23. The molecule has 0 atom stereocenters. The highest BCUT2D eigenvalue weighted by Crippen LogP contribution is 2.26. The fraction of sp³-hybridized carbons (Fsp3) is 0.529. The van der Waals surface area contributed by atoms with Crippen molar-refractivity contribution in [1.82, 2.24) is 15.1 Å². The predicted molar refractivity (Wildman–Crippen MR) is 96.2 cm³/mol. The minimum absolute atomic E-state index is 0.0167. The monoisotopic (exact) mass is 371 g/mol. The molecule has 1 aromatic rings. The van der Waals surface area contributed by atoms with Crippen molar-refractivity contribution < 1.29 is 9.59 Å². The highest BCUT2D eigenvalue weighted by molar-refractivity contribution is 6.42. The smallest absolute Gasteiger partial charge is 0.234 e. The second kappa shape index (κ2) is 8.70. The van der Waals surface area contributed by atoms with Gasteiger partial charge in [-0.3, -0.25) is 14.5 Å². The number of piperidine rings is 1. The first-order chi connectivity index (χ1) is 11.4. The third-order valence-electron chi connectivity index (χ3n) is 4.19. The molecule has 0 unspecified atom stereocenters. The van der Waals surface area contributed by atoms with Gasteiger partial charge in [0.15, 0.2) is 0 Å². The zero-order valence-corrected chi connectivity index (χ0v) is 15.5. The lowest BCUT2D eigenvalue weighted by Gasteiger charge is -2.32. The average Bonchev–Trinajstić information content (AvgIpc) is 2.52. The van der Waals surface area contributed by atoms with E-state index < -0.39 is 0 Å². The Labute approximate surface area is 152 Å². The van der Waals surface area contributed by atoms with E-state index in [-0.39, 0.29) is 24.4 Å². The quantitative estimate of drug-likeness (QED) is 0.864. The van der Waals surface area contributed by atoms with Crippen LogP contribution in [0, 0.1) is 0 Å². The number of likely N-dealkylation sites (N-methyl/N-ethyl adjacent to an activating group) is 1. The fourth-order valence-electron chi connectivity index (χ4n) is 2.87. The first-order valence-electron chi connectivity index (χ1n) is 8.03. The van der Waals surface area contributed by atoms with E-state index in [1.165, 1.54) is 0 Å². The van der Waals surface area contributed by atoms with Crippen LogP contribution in [0.2, 0.25) is 10.0 Å². The van der Waals surface area contributed by atoms with E-state index >= 15 is 0 Å².